The van der Waals surface area contributed by atoms with Gasteiger partial charge in [0.1, 0.15) is 0 Å². The van der Waals surface area contributed by atoms with E-state index in [0.29, 0.717) is 5.41 Å². The third kappa shape index (κ3) is 6.11. The highest BCUT2D eigenvalue weighted by Gasteiger charge is 2.48. The Balaban J connectivity index is 0.00000300. The Labute approximate surface area is 183 Å². The molecule has 0 aromatic carbocycles. The summed E-state index contributed by atoms with van der Waals surface area (Å²) in [5.41, 5.74) is 2.34. The first-order valence-electron chi connectivity index (χ1n) is 12.8. The van der Waals surface area contributed by atoms with Crippen molar-refractivity contribution in [3.05, 3.63) is 11.6 Å². The number of nitrogens with one attached hydrogen (secondary N) is 1. The molecule has 0 saturated heterocycles. The lowest BCUT2D eigenvalue weighted by Crippen LogP contribution is -2.43. The van der Waals surface area contributed by atoms with Crippen molar-refractivity contribution < 1.29 is 0 Å². The number of hydrogen-bond acceptors (Lipinski definition) is 1. The predicted molar refractivity (Wildman–Crippen MR) is 130 cm³/mol. The van der Waals surface area contributed by atoms with Gasteiger partial charge in [0.05, 0.1) is 0 Å². The summed E-state index contributed by atoms with van der Waals surface area (Å²) in [6, 6.07) is 0. The highest BCUT2D eigenvalue weighted by Crippen LogP contribution is 2.58. The minimum Gasteiger partial charge on any atom is -0.320 e. The molecule has 0 aromatic heterocycles. The maximum atomic E-state index is 3.48. The second-order valence-corrected chi connectivity index (χ2v) is 11.5. The van der Waals surface area contributed by atoms with Crippen LogP contribution in [0.2, 0.25) is 0 Å². The summed E-state index contributed by atoms with van der Waals surface area (Å²) in [5.74, 6) is 5.69. The van der Waals surface area contributed by atoms with E-state index in [1.165, 1.54) is 83.6 Å². The molecule has 0 bridgehead atoms. The van der Waals surface area contributed by atoms with E-state index in [2.05, 4.69) is 46.1 Å². The maximum absolute atomic E-state index is 3.48. The van der Waals surface area contributed by atoms with E-state index in [0.717, 1.165) is 35.5 Å². The maximum Gasteiger partial charge on any atom is -0.00489 e. The van der Waals surface area contributed by atoms with Gasteiger partial charge in [0.2, 0.25) is 0 Å². The number of fused-ring (bicyclic) bond motifs is 1. The fraction of sp³-hybridized carbons (Fsp3) is 0.929. The van der Waals surface area contributed by atoms with Gasteiger partial charge in [0, 0.05) is 0 Å². The topological polar surface area (TPSA) is 12.0 Å². The van der Waals surface area contributed by atoms with E-state index in [-0.39, 0.29) is 7.43 Å². The molecule has 0 radical (unpaired) electrons. The lowest BCUT2D eigenvalue weighted by atomic mass is 9.53. The Morgan fingerprint density at radius 2 is 1.93 bits per heavy atom. The molecule has 6 atom stereocenters. The van der Waals surface area contributed by atoms with Gasteiger partial charge in [0.15, 0.2) is 0 Å². The second-order valence-electron chi connectivity index (χ2n) is 11.5. The summed E-state index contributed by atoms with van der Waals surface area (Å²) in [6.45, 7) is 11.1. The molecule has 3 aliphatic carbocycles. The van der Waals surface area contributed by atoms with Crippen molar-refractivity contribution in [1.29, 1.82) is 0 Å². The number of unbranched alkanes of at least 4 members (excludes halogenated alkanes) is 1. The van der Waals surface area contributed by atoms with E-state index in [9.17, 15) is 0 Å². The first-order chi connectivity index (χ1) is 13.4. The first-order valence-corrected chi connectivity index (χ1v) is 12.8. The molecule has 1 heteroatoms. The summed E-state index contributed by atoms with van der Waals surface area (Å²) in [5, 5.41) is 3.48. The highest BCUT2D eigenvalue weighted by molar-refractivity contribution is 5.23. The molecule has 0 aromatic rings. The molecule has 1 nitrogen and oxygen atoms in total. The average molecular weight is 404 g/mol. The molecule has 2 saturated carbocycles. The van der Waals surface area contributed by atoms with Crippen LogP contribution in [0.25, 0.3) is 0 Å². The smallest absolute Gasteiger partial charge is 0.00489 e. The molecule has 0 aliphatic heterocycles. The lowest BCUT2D eigenvalue weighted by molar-refractivity contribution is 0.0571. The molecular weight excluding hydrogens is 350 g/mol. The summed E-state index contributed by atoms with van der Waals surface area (Å²) in [7, 11) is 2.14. The van der Waals surface area contributed by atoms with Crippen molar-refractivity contribution in [2.24, 2.45) is 40.9 Å². The largest absolute Gasteiger partial charge is 0.320 e. The molecule has 4 unspecified atom stereocenters. The Kier molecular flexibility index (Phi) is 9.78. The van der Waals surface area contributed by atoms with Crippen molar-refractivity contribution in [2.45, 2.75) is 112 Å². The summed E-state index contributed by atoms with van der Waals surface area (Å²) in [4.78, 5) is 0. The molecule has 3 rings (SSSR count). The molecule has 3 aliphatic rings. The quantitative estimate of drug-likeness (QED) is 0.302. The van der Waals surface area contributed by atoms with Crippen LogP contribution in [0.4, 0.5) is 0 Å². The SMILES string of the molecule is C.CNCCC1C(C2CCC(CCCCC(C)C)C2)CC=C2C[C@@H](C)CC[C@@]21C. The Hall–Kier alpha value is -0.300. The minimum atomic E-state index is 0. The van der Waals surface area contributed by atoms with Crippen molar-refractivity contribution in [3.63, 3.8) is 0 Å². The average Bonchev–Trinajstić information content (AvgIpc) is 3.12. The second kappa shape index (κ2) is 11.4. The van der Waals surface area contributed by atoms with E-state index in [4.69, 9.17) is 0 Å². The third-order valence-electron chi connectivity index (χ3n) is 8.97. The van der Waals surface area contributed by atoms with Gasteiger partial charge in [-0.3, -0.25) is 0 Å². The van der Waals surface area contributed by atoms with Crippen LogP contribution < -0.4 is 5.32 Å². The molecule has 2 fully saturated rings. The zero-order chi connectivity index (χ0) is 20.1. The number of hydrogen-bond donors (Lipinski definition) is 1. The molecule has 29 heavy (non-hydrogen) atoms. The summed E-state index contributed by atoms with van der Waals surface area (Å²) < 4.78 is 0. The van der Waals surface area contributed by atoms with Crippen LogP contribution in [0.1, 0.15) is 112 Å². The lowest BCUT2D eigenvalue weighted by Gasteiger charge is -2.52. The van der Waals surface area contributed by atoms with Gasteiger partial charge in [-0.1, -0.05) is 78.9 Å². The van der Waals surface area contributed by atoms with Crippen LogP contribution in [0.5, 0.6) is 0 Å². The zero-order valence-electron chi connectivity index (χ0n) is 19.7. The van der Waals surface area contributed by atoms with E-state index >= 15 is 0 Å². The van der Waals surface area contributed by atoms with Crippen LogP contribution in [-0.2, 0) is 0 Å². The van der Waals surface area contributed by atoms with Gasteiger partial charge in [-0.25, -0.2) is 0 Å². The van der Waals surface area contributed by atoms with Crippen LogP contribution in [-0.4, -0.2) is 13.6 Å². The number of rotatable bonds is 9. The van der Waals surface area contributed by atoms with Gasteiger partial charge in [-0.05, 0) is 99.5 Å². The fourth-order valence-corrected chi connectivity index (χ4v) is 7.18. The Bertz CT molecular complexity index is 506. The van der Waals surface area contributed by atoms with E-state index in [1.807, 2.05) is 5.57 Å². The normalized spacial score (nSPS) is 37.2. The van der Waals surface area contributed by atoms with Crippen LogP contribution in [0, 0.1) is 40.9 Å². The van der Waals surface area contributed by atoms with E-state index in [1.54, 1.807) is 0 Å². The molecule has 170 valence electrons. The van der Waals surface area contributed by atoms with Gasteiger partial charge in [-0.2, -0.15) is 0 Å². The van der Waals surface area contributed by atoms with Gasteiger partial charge >= 0.3 is 0 Å². The summed E-state index contributed by atoms with van der Waals surface area (Å²) >= 11 is 0. The predicted octanol–water partition coefficient (Wildman–Crippen LogP) is 8.25. The van der Waals surface area contributed by atoms with Crippen molar-refractivity contribution in [2.75, 3.05) is 13.6 Å². The van der Waals surface area contributed by atoms with Crippen LogP contribution in [0.3, 0.4) is 0 Å². The Morgan fingerprint density at radius 3 is 2.66 bits per heavy atom. The standard InChI is InChI=1S/C27H49N.CH4/c1-20(2)8-6-7-9-22-10-11-23(19-22)25-13-12-24-18-21(3)14-16-27(24,4)26(25)15-17-28-5;/h12,20-23,25-26,28H,6-11,13-19H2,1-5H3;1H4/t21-,22?,23?,25?,26?,27-;/m0./s1. The van der Waals surface area contributed by atoms with Crippen LogP contribution in [0.15, 0.2) is 11.6 Å². The monoisotopic (exact) mass is 403 g/mol. The van der Waals surface area contributed by atoms with Gasteiger partial charge < -0.3 is 5.32 Å². The number of allylic oxidation sites excluding steroid dienone is 2. The minimum absolute atomic E-state index is 0. The van der Waals surface area contributed by atoms with Crippen molar-refractivity contribution >= 4 is 0 Å². The first kappa shape index (κ1) is 25.0. The highest BCUT2D eigenvalue weighted by atomic mass is 14.8. The fourth-order valence-electron chi connectivity index (χ4n) is 7.18. The molecule has 0 spiro atoms. The summed E-state index contributed by atoms with van der Waals surface area (Å²) in [6.07, 6.45) is 20.2. The van der Waals surface area contributed by atoms with Crippen LogP contribution >= 0.6 is 0 Å². The van der Waals surface area contributed by atoms with E-state index < -0.39 is 0 Å². The van der Waals surface area contributed by atoms with Gasteiger partial charge in [-0.15, -0.1) is 0 Å². The van der Waals surface area contributed by atoms with Crippen molar-refractivity contribution in [1.82, 2.24) is 5.32 Å². The molecular formula is C28H53N. The van der Waals surface area contributed by atoms with Gasteiger partial charge in [0.25, 0.3) is 0 Å². The van der Waals surface area contributed by atoms with Crippen molar-refractivity contribution in [3.8, 4) is 0 Å². The zero-order valence-corrected chi connectivity index (χ0v) is 19.7. The molecule has 0 heterocycles. The Morgan fingerprint density at radius 1 is 1.14 bits per heavy atom. The molecule has 0 amide bonds. The third-order valence-corrected chi connectivity index (χ3v) is 8.97. The molecule has 1 N–H and O–H groups in total.